The molecule has 0 bridgehead atoms. The van der Waals surface area contributed by atoms with E-state index in [1.54, 1.807) is 29.1 Å². The second kappa shape index (κ2) is 9.66. The van der Waals surface area contributed by atoms with Gasteiger partial charge in [-0.25, -0.2) is 0 Å². The molecule has 9 heteroatoms. The molecule has 1 N–H and O–H groups in total. The molecule has 0 spiro atoms. The van der Waals surface area contributed by atoms with Crippen LogP contribution in [0.4, 0.5) is 18.9 Å². The van der Waals surface area contributed by atoms with Gasteiger partial charge in [-0.3, -0.25) is 14.4 Å². The van der Waals surface area contributed by atoms with Crippen LogP contribution in [0.1, 0.15) is 28.8 Å². The zero-order valence-corrected chi connectivity index (χ0v) is 18.2. The molecule has 1 saturated heterocycles. The average Bonchev–Trinajstić information content (AvgIpc) is 3.46. The Bertz CT molecular complexity index is 1100. The first-order valence-electron chi connectivity index (χ1n) is 10.8. The van der Waals surface area contributed by atoms with Gasteiger partial charge in [0.15, 0.2) is 0 Å². The molecule has 0 atom stereocenters. The molecule has 0 aliphatic carbocycles. The molecule has 1 fully saturated rings. The summed E-state index contributed by atoms with van der Waals surface area (Å²) in [7, 11) is 1.82. The summed E-state index contributed by atoms with van der Waals surface area (Å²) in [6.07, 6.45) is -0.338. The number of hydrogen-bond acceptors (Lipinski definition) is 4. The van der Waals surface area contributed by atoms with Crippen molar-refractivity contribution in [3.8, 4) is 17.0 Å². The molecular weight excluding hydrogens is 433 g/mol. The number of amides is 1. The van der Waals surface area contributed by atoms with Crippen LogP contribution in [0.3, 0.4) is 0 Å². The number of aryl methyl sites for hydroxylation is 1. The van der Waals surface area contributed by atoms with Crippen molar-refractivity contribution < 1.29 is 22.7 Å². The average molecular weight is 458 g/mol. The van der Waals surface area contributed by atoms with Crippen LogP contribution in [0.25, 0.3) is 11.3 Å². The van der Waals surface area contributed by atoms with Gasteiger partial charge < -0.3 is 10.1 Å². The van der Waals surface area contributed by atoms with E-state index in [4.69, 9.17) is 4.74 Å². The molecular formula is C24H25F3N4O2. The second-order valence-electron chi connectivity index (χ2n) is 7.98. The van der Waals surface area contributed by atoms with Crippen molar-refractivity contribution in [1.82, 2.24) is 14.7 Å². The van der Waals surface area contributed by atoms with E-state index in [2.05, 4.69) is 15.3 Å². The lowest BCUT2D eigenvalue weighted by atomic mass is 10.1. The molecule has 1 aliphatic rings. The van der Waals surface area contributed by atoms with Crippen molar-refractivity contribution in [2.75, 3.05) is 31.6 Å². The highest BCUT2D eigenvalue weighted by molar-refractivity contribution is 6.04. The van der Waals surface area contributed by atoms with Crippen LogP contribution in [0.15, 0.2) is 54.7 Å². The number of likely N-dealkylation sites (tertiary alicyclic amines) is 1. The first-order valence-corrected chi connectivity index (χ1v) is 10.8. The molecule has 0 radical (unpaired) electrons. The maximum Gasteiger partial charge on any atom is 0.416 e. The summed E-state index contributed by atoms with van der Waals surface area (Å²) in [5.41, 5.74) is 1.42. The van der Waals surface area contributed by atoms with E-state index in [-0.39, 0.29) is 5.56 Å². The Morgan fingerprint density at radius 1 is 1.09 bits per heavy atom. The number of anilines is 1. The SMILES string of the molecule is Cn1nccc1-c1cc(NC(=O)c2ccc(C(F)(F)F)cc2)ccc1OCCN1CCCC1. The number of nitrogens with one attached hydrogen (secondary N) is 1. The van der Waals surface area contributed by atoms with Crippen molar-refractivity contribution in [2.24, 2.45) is 7.05 Å². The van der Waals surface area contributed by atoms with E-state index < -0.39 is 17.6 Å². The van der Waals surface area contributed by atoms with Gasteiger partial charge in [-0.15, -0.1) is 0 Å². The van der Waals surface area contributed by atoms with Crippen LogP contribution in [0, 0.1) is 0 Å². The number of alkyl halides is 3. The molecule has 33 heavy (non-hydrogen) atoms. The van der Waals surface area contributed by atoms with Crippen molar-refractivity contribution in [3.63, 3.8) is 0 Å². The Morgan fingerprint density at radius 2 is 1.82 bits per heavy atom. The molecule has 1 aliphatic heterocycles. The van der Waals surface area contributed by atoms with Gasteiger partial charge in [0, 0.05) is 36.6 Å². The fraction of sp³-hybridized carbons (Fsp3) is 0.333. The normalized spacial score (nSPS) is 14.4. The van der Waals surface area contributed by atoms with Gasteiger partial charge in [0.2, 0.25) is 0 Å². The Balaban J connectivity index is 1.51. The summed E-state index contributed by atoms with van der Waals surface area (Å²) in [5.74, 6) is 0.174. The molecule has 6 nitrogen and oxygen atoms in total. The highest BCUT2D eigenvalue weighted by Crippen LogP contribution is 2.33. The van der Waals surface area contributed by atoms with Crippen molar-refractivity contribution >= 4 is 11.6 Å². The quantitative estimate of drug-likeness (QED) is 0.551. The van der Waals surface area contributed by atoms with Crippen LogP contribution in [-0.2, 0) is 13.2 Å². The van der Waals surface area contributed by atoms with Crippen molar-refractivity contribution in [3.05, 3.63) is 65.9 Å². The minimum atomic E-state index is -4.45. The number of halogens is 3. The molecule has 4 rings (SSSR count). The van der Waals surface area contributed by atoms with E-state index in [0.29, 0.717) is 18.0 Å². The molecule has 1 aromatic heterocycles. The standard InChI is InChI=1S/C24H25F3N4O2/c1-30-21(10-11-28-30)20-16-19(8-9-22(20)33-15-14-31-12-2-3-13-31)29-23(32)17-4-6-18(7-5-17)24(25,26)27/h4-11,16H,2-3,12-15H2,1H3,(H,29,32). The third kappa shape index (κ3) is 5.54. The molecule has 0 unspecified atom stereocenters. The first kappa shape index (κ1) is 22.8. The zero-order valence-electron chi connectivity index (χ0n) is 18.2. The Labute approximate surface area is 190 Å². The van der Waals surface area contributed by atoms with E-state index in [1.165, 1.54) is 12.8 Å². The fourth-order valence-corrected chi connectivity index (χ4v) is 3.88. The van der Waals surface area contributed by atoms with Gasteiger partial charge in [-0.05, 0) is 74.5 Å². The van der Waals surface area contributed by atoms with Crippen LogP contribution in [-0.4, -0.2) is 46.8 Å². The number of rotatable bonds is 7. The van der Waals surface area contributed by atoms with Crippen LogP contribution in [0.2, 0.25) is 0 Å². The van der Waals surface area contributed by atoms with Gasteiger partial charge in [0.25, 0.3) is 5.91 Å². The van der Waals surface area contributed by atoms with Crippen molar-refractivity contribution in [2.45, 2.75) is 19.0 Å². The summed E-state index contributed by atoms with van der Waals surface area (Å²) in [5, 5.41) is 6.97. The zero-order chi connectivity index (χ0) is 23.4. The predicted octanol–water partition coefficient (Wildman–Crippen LogP) is 4.83. The highest BCUT2D eigenvalue weighted by Gasteiger charge is 2.30. The number of hydrogen-bond donors (Lipinski definition) is 1. The molecule has 0 saturated carbocycles. The molecule has 1 amide bonds. The summed E-state index contributed by atoms with van der Waals surface area (Å²) < 4.78 is 46.1. The monoisotopic (exact) mass is 458 g/mol. The van der Waals surface area contributed by atoms with Crippen LogP contribution < -0.4 is 10.1 Å². The maximum absolute atomic E-state index is 12.8. The van der Waals surface area contributed by atoms with E-state index >= 15 is 0 Å². The number of carbonyl (C=O) groups is 1. The van der Waals surface area contributed by atoms with Crippen LogP contribution >= 0.6 is 0 Å². The smallest absolute Gasteiger partial charge is 0.416 e. The lowest BCUT2D eigenvalue weighted by Gasteiger charge is -2.17. The Morgan fingerprint density at radius 3 is 2.45 bits per heavy atom. The lowest BCUT2D eigenvalue weighted by molar-refractivity contribution is -0.137. The number of benzene rings is 2. The number of ether oxygens (including phenoxy) is 1. The van der Waals surface area contributed by atoms with Gasteiger partial charge in [-0.2, -0.15) is 18.3 Å². The fourth-order valence-electron chi connectivity index (χ4n) is 3.88. The van der Waals surface area contributed by atoms with Crippen LogP contribution in [0.5, 0.6) is 5.75 Å². The molecule has 2 aromatic carbocycles. The maximum atomic E-state index is 12.8. The largest absolute Gasteiger partial charge is 0.492 e. The van der Waals surface area contributed by atoms with Gasteiger partial charge in [-0.1, -0.05) is 0 Å². The summed E-state index contributed by atoms with van der Waals surface area (Å²) in [4.78, 5) is 15.0. The number of carbonyl (C=O) groups excluding carboxylic acids is 1. The number of aromatic nitrogens is 2. The summed E-state index contributed by atoms with van der Waals surface area (Å²) in [6.45, 7) is 3.57. The van der Waals surface area contributed by atoms with Gasteiger partial charge in [0.05, 0.1) is 11.3 Å². The van der Waals surface area contributed by atoms with E-state index in [1.807, 2.05) is 13.1 Å². The summed E-state index contributed by atoms with van der Waals surface area (Å²) in [6, 6.07) is 11.3. The summed E-state index contributed by atoms with van der Waals surface area (Å²) >= 11 is 0. The first-order chi connectivity index (χ1) is 15.8. The molecule has 2 heterocycles. The van der Waals surface area contributed by atoms with Crippen molar-refractivity contribution in [1.29, 1.82) is 0 Å². The van der Waals surface area contributed by atoms with Gasteiger partial charge in [0.1, 0.15) is 12.4 Å². The second-order valence-corrected chi connectivity index (χ2v) is 7.98. The Kier molecular flexibility index (Phi) is 6.69. The Hall–Kier alpha value is -3.33. The number of nitrogens with zero attached hydrogens (tertiary/aromatic N) is 3. The molecule has 174 valence electrons. The third-order valence-corrected chi connectivity index (χ3v) is 5.67. The van der Waals surface area contributed by atoms with Gasteiger partial charge >= 0.3 is 6.18 Å². The third-order valence-electron chi connectivity index (χ3n) is 5.67. The van der Waals surface area contributed by atoms with E-state index in [0.717, 1.165) is 55.2 Å². The predicted molar refractivity (Wildman–Crippen MR) is 119 cm³/mol. The topological polar surface area (TPSA) is 59.4 Å². The minimum Gasteiger partial charge on any atom is -0.492 e. The minimum absolute atomic E-state index is 0.135. The molecule has 3 aromatic rings. The lowest BCUT2D eigenvalue weighted by Crippen LogP contribution is -2.25. The highest BCUT2D eigenvalue weighted by atomic mass is 19.4. The van der Waals surface area contributed by atoms with E-state index in [9.17, 15) is 18.0 Å².